The summed E-state index contributed by atoms with van der Waals surface area (Å²) in [6.07, 6.45) is 1.23. The molecule has 1 aliphatic heterocycles. The minimum atomic E-state index is -0.196. The first-order valence-corrected chi connectivity index (χ1v) is 9.50. The molecule has 3 atom stereocenters. The van der Waals surface area contributed by atoms with E-state index >= 15 is 0 Å². The fourth-order valence-corrected chi connectivity index (χ4v) is 3.12. The van der Waals surface area contributed by atoms with E-state index in [1.807, 2.05) is 54.6 Å². The maximum absolute atomic E-state index is 6.18. The average Bonchev–Trinajstić information content (AvgIpc) is 3.13. The van der Waals surface area contributed by atoms with Crippen LogP contribution in [0.5, 0.6) is 5.75 Å². The maximum atomic E-state index is 6.18. The standard InChI is InChI=1S/C23H28O5/c1-3-13-26-22-17-27-21(16-25-14-18-7-5-4-6-8-18)23(22)28-15-19-9-11-20(24-2)12-10-19/h3-12,21-23H,1,13-17H2,2H3/t21-,22+,23-/m1/s1. The largest absolute Gasteiger partial charge is 0.497 e. The highest BCUT2D eigenvalue weighted by Gasteiger charge is 2.39. The lowest BCUT2D eigenvalue weighted by atomic mass is 10.1. The number of ether oxygens (including phenoxy) is 5. The molecule has 2 aromatic rings. The summed E-state index contributed by atoms with van der Waals surface area (Å²) < 4.78 is 29.0. The number of hydrogen-bond acceptors (Lipinski definition) is 5. The first-order chi connectivity index (χ1) is 13.8. The van der Waals surface area contributed by atoms with Gasteiger partial charge < -0.3 is 23.7 Å². The highest BCUT2D eigenvalue weighted by atomic mass is 16.6. The van der Waals surface area contributed by atoms with Crippen LogP contribution < -0.4 is 4.74 Å². The molecule has 0 bridgehead atoms. The van der Waals surface area contributed by atoms with E-state index in [0.29, 0.717) is 33.0 Å². The number of rotatable bonds is 11. The smallest absolute Gasteiger partial charge is 0.118 e. The van der Waals surface area contributed by atoms with Crippen LogP contribution in [0.25, 0.3) is 0 Å². The van der Waals surface area contributed by atoms with E-state index in [1.165, 1.54) is 0 Å². The molecule has 0 spiro atoms. The molecule has 0 saturated carbocycles. The SMILES string of the molecule is C=CCO[C@H]1CO[C@H](COCc2ccccc2)[C@H]1OCc1ccc(OC)cc1. The van der Waals surface area contributed by atoms with Gasteiger partial charge in [0.15, 0.2) is 0 Å². The second-order valence-electron chi connectivity index (χ2n) is 6.66. The summed E-state index contributed by atoms with van der Waals surface area (Å²) in [5, 5.41) is 0. The average molecular weight is 384 g/mol. The van der Waals surface area contributed by atoms with Crippen molar-refractivity contribution in [1.29, 1.82) is 0 Å². The Morgan fingerprint density at radius 2 is 1.75 bits per heavy atom. The second kappa shape index (κ2) is 11.0. The maximum Gasteiger partial charge on any atom is 0.118 e. The summed E-state index contributed by atoms with van der Waals surface area (Å²) in [6, 6.07) is 17.9. The van der Waals surface area contributed by atoms with E-state index in [9.17, 15) is 0 Å². The van der Waals surface area contributed by atoms with Crippen LogP contribution in [0.4, 0.5) is 0 Å². The van der Waals surface area contributed by atoms with Gasteiger partial charge in [0.1, 0.15) is 24.1 Å². The van der Waals surface area contributed by atoms with Gasteiger partial charge in [-0.05, 0) is 23.3 Å². The van der Waals surface area contributed by atoms with Crippen LogP contribution in [0.15, 0.2) is 67.3 Å². The lowest BCUT2D eigenvalue weighted by Crippen LogP contribution is -2.37. The van der Waals surface area contributed by atoms with Gasteiger partial charge in [-0.25, -0.2) is 0 Å². The molecule has 0 amide bonds. The van der Waals surface area contributed by atoms with E-state index in [2.05, 4.69) is 6.58 Å². The van der Waals surface area contributed by atoms with Crippen molar-refractivity contribution in [3.05, 3.63) is 78.4 Å². The van der Waals surface area contributed by atoms with Crippen LogP contribution in [-0.4, -0.2) is 45.2 Å². The van der Waals surface area contributed by atoms with E-state index in [-0.39, 0.29) is 18.3 Å². The molecular weight excluding hydrogens is 356 g/mol. The molecule has 1 saturated heterocycles. The minimum absolute atomic E-state index is 0.137. The molecule has 0 aliphatic carbocycles. The first kappa shape index (κ1) is 20.6. The summed E-state index contributed by atoms with van der Waals surface area (Å²) in [6.45, 7) is 6.14. The quantitative estimate of drug-likeness (QED) is 0.552. The Bertz CT molecular complexity index is 701. The monoisotopic (exact) mass is 384 g/mol. The lowest BCUT2D eigenvalue weighted by Gasteiger charge is -2.23. The summed E-state index contributed by atoms with van der Waals surface area (Å²) >= 11 is 0. The van der Waals surface area contributed by atoms with E-state index in [4.69, 9.17) is 23.7 Å². The Kier molecular flexibility index (Phi) is 8.06. The van der Waals surface area contributed by atoms with Gasteiger partial charge >= 0.3 is 0 Å². The molecule has 0 N–H and O–H groups in total. The summed E-state index contributed by atoms with van der Waals surface area (Å²) in [5.74, 6) is 0.826. The third-order valence-corrected chi connectivity index (χ3v) is 4.63. The minimum Gasteiger partial charge on any atom is -0.497 e. The zero-order chi connectivity index (χ0) is 19.6. The van der Waals surface area contributed by atoms with Gasteiger partial charge in [-0.3, -0.25) is 0 Å². The van der Waals surface area contributed by atoms with Gasteiger partial charge in [-0.1, -0.05) is 48.5 Å². The molecule has 0 aromatic heterocycles. The Hall–Kier alpha value is -2.18. The first-order valence-electron chi connectivity index (χ1n) is 9.50. The van der Waals surface area contributed by atoms with Crippen molar-refractivity contribution in [2.75, 3.05) is 26.9 Å². The van der Waals surface area contributed by atoms with Crippen LogP contribution in [0.1, 0.15) is 11.1 Å². The highest BCUT2D eigenvalue weighted by molar-refractivity contribution is 5.26. The molecule has 150 valence electrons. The predicted molar refractivity (Wildman–Crippen MR) is 107 cm³/mol. The normalized spacial score (nSPS) is 21.5. The van der Waals surface area contributed by atoms with Crippen LogP contribution in [0.3, 0.4) is 0 Å². The van der Waals surface area contributed by atoms with Gasteiger partial charge in [0.05, 0.1) is 40.1 Å². The number of methoxy groups -OCH3 is 1. The van der Waals surface area contributed by atoms with Gasteiger partial charge in [0.25, 0.3) is 0 Å². The molecule has 3 rings (SSSR count). The third kappa shape index (κ3) is 5.91. The van der Waals surface area contributed by atoms with Crippen molar-refractivity contribution in [2.24, 2.45) is 0 Å². The molecule has 5 heteroatoms. The fraction of sp³-hybridized carbons (Fsp3) is 0.391. The van der Waals surface area contributed by atoms with E-state index < -0.39 is 0 Å². The fourth-order valence-electron chi connectivity index (χ4n) is 3.12. The Morgan fingerprint density at radius 1 is 1.00 bits per heavy atom. The second-order valence-corrected chi connectivity index (χ2v) is 6.66. The van der Waals surface area contributed by atoms with Crippen molar-refractivity contribution < 1.29 is 23.7 Å². The summed E-state index contributed by atoms with van der Waals surface area (Å²) in [7, 11) is 1.66. The predicted octanol–water partition coefficient (Wildman–Crippen LogP) is 3.77. The highest BCUT2D eigenvalue weighted by Crippen LogP contribution is 2.23. The van der Waals surface area contributed by atoms with Crippen molar-refractivity contribution in [1.82, 2.24) is 0 Å². The molecule has 2 aromatic carbocycles. The van der Waals surface area contributed by atoms with Crippen LogP contribution in [0.2, 0.25) is 0 Å². The summed E-state index contributed by atoms with van der Waals surface area (Å²) in [4.78, 5) is 0. The van der Waals surface area contributed by atoms with Crippen molar-refractivity contribution in [2.45, 2.75) is 31.5 Å². The molecule has 0 unspecified atom stereocenters. The molecule has 28 heavy (non-hydrogen) atoms. The number of benzene rings is 2. The van der Waals surface area contributed by atoms with E-state index in [0.717, 1.165) is 16.9 Å². The van der Waals surface area contributed by atoms with Crippen LogP contribution in [0, 0.1) is 0 Å². The van der Waals surface area contributed by atoms with Crippen molar-refractivity contribution >= 4 is 0 Å². The zero-order valence-electron chi connectivity index (χ0n) is 16.3. The Labute approximate surface area is 166 Å². The molecule has 1 heterocycles. The van der Waals surface area contributed by atoms with Crippen LogP contribution in [-0.2, 0) is 32.2 Å². The summed E-state index contributed by atoms with van der Waals surface area (Å²) in [5.41, 5.74) is 2.20. The number of hydrogen-bond donors (Lipinski definition) is 0. The topological polar surface area (TPSA) is 46.2 Å². The molecule has 1 fully saturated rings. The van der Waals surface area contributed by atoms with Crippen molar-refractivity contribution in [3.8, 4) is 5.75 Å². The van der Waals surface area contributed by atoms with Gasteiger partial charge in [-0.15, -0.1) is 6.58 Å². The van der Waals surface area contributed by atoms with Gasteiger partial charge in [0.2, 0.25) is 0 Å². The molecule has 5 nitrogen and oxygen atoms in total. The van der Waals surface area contributed by atoms with E-state index in [1.54, 1.807) is 13.2 Å². The Balaban J connectivity index is 1.55. The third-order valence-electron chi connectivity index (χ3n) is 4.63. The van der Waals surface area contributed by atoms with Crippen molar-refractivity contribution in [3.63, 3.8) is 0 Å². The zero-order valence-corrected chi connectivity index (χ0v) is 16.3. The molecule has 1 aliphatic rings. The van der Waals surface area contributed by atoms with Gasteiger partial charge in [-0.2, -0.15) is 0 Å². The molecule has 0 radical (unpaired) electrons. The van der Waals surface area contributed by atoms with Crippen LogP contribution >= 0.6 is 0 Å². The Morgan fingerprint density at radius 3 is 2.46 bits per heavy atom. The molecular formula is C23H28O5. The van der Waals surface area contributed by atoms with Gasteiger partial charge in [0, 0.05) is 0 Å². The lowest BCUT2D eigenvalue weighted by molar-refractivity contribution is -0.0834.